The highest BCUT2D eigenvalue weighted by Crippen LogP contribution is 2.20. The molecule has 3 rings (SSSR count). The van der Waals surface area contributed by atoms with Crippen LogP contribution in [0.25, 0.3) is 11.5 Å². The number of hydrogen-bond acceptors (Lipinski definition) is 4. The van der Waals surface area contributed by atoms with Crippen molar-refractivity contribution in [2.24, 2.45) is 5.92 Å². The van der Waals surface area contributed by atoms with Crippen molar-refractivity contribution in [2.75, 3.05) is 19.6 Å². The molecule has 2 aromatic rings. The van der Waals surface area contributed by atoms with Gasteiger partial charge in [-0.3, -0.25) is 9.59 Å². The largest absolute Gasteiger partial charge is 0.444 e. The summed E-state index contributed by atoms with van der Waals surface area (Å²) < 4.78 is 5.52. The van der Waals surface area contributed by atoms with Crippen LogP contribution in [-0.2, 0) is 16.0 Å². The van der Waals surface area contributed by atoms with Crippen molar-refractivity contribution in [2.45, 2.75) is 51.9 Å². The summed E-state index contributed by atoms with van der Waals surface area (Å²) in [6, 6.07) is 9.63. The third kappa shape index (κ3) is 6.17. The van der Waals surface area contributed by atoms with E-state index in [9.17, 15) is 9.59 Å². The van der Waals surface area contributed by atoms with E-state index in [1.54, 1.807) is 11.2 Å². The number of aromatic nitrogens is 1. The Morgan fingerprint density at radius 2 is 2.03 bits per heavy atom. The molecule has 1 aliphatic heterocycles. The van der Waals surface area contributed by atoms with Gasteiger partial charge in [-0.1, -0.05) is 44.4 Å². The summed E-state index contributed by atoms with van der Waals surface area (Å²) in [5.41, 5.74) is 1.51. The van der Waals surface area contributed by atoms with Crippen LogP contribution in [0.5, 0.6) is 0 Å². The minimum Gasteiger partial charge on any atom is -0.444 e. The lowest BCUT2D eigenvalue weighted by atomic mass is 9.96. The molecule has 29 heavy (non-hydrogen) atoms. The summed E-state index contributed by atoms with van der Waals surface area (Å²) in [5.74, 6) is 0.480. The van der Waals surface area contributed by atoms with Crippen molar-refractivity contribution in [3.05, 3.63) is 42.3 Å². The average Bonchev–Trinajstić information content (AvgIpc) is 3.22. The highest BCUT2D eigenvalue weighted by Gasteiger charge is 2.28. The van der Waals surface area contributed by atoms with E-state index in [-0.39, 0.29) is 24.2 Å². The van der Waals surface area contributed by atoms with Gasteiger partial charge in [0.2, 0.25) is 17.7 Å². The zero-order valence-corrected chi connectivity index (χ0v) is 17.2. The summed E-state index contributed by atoms with van der Waals surface area (Å²) in [4.78, 5) is 31.4. The van der Waals surface area contributed by atoms with Crippen LogP contribution in [0.1, 0.15) is 51.1 Å². The molecule has 1 aliphatic rings. The fourth-order valence-corrected chi connectivity index (χ4v) is 3.69. The number of piperidine rings is 1. The molecule has 0 spiro atoms. The molecule has 1 aromatic carbocycles. The van der Waals surface area contributed by atoms with Gasteiger partial charge in [0, 0.05) is 25.2 Å². The van der Waals surface area contributed by atoms with Gasteiger partial charge in [0.25, 0.3) is 0 Å². The van der Waals surface area contributed by atoms with Crippen molar-refractivity contribution >= 4 is 11.8 Å². The molecule has 1 unspecified atom stereocenters. The first-order valence-corrected chi connectivity index (χ1v) is 10.7. The maximum atomic E-state index is 12.7. The topological polar surface area (TPSA) is 75.4 Å². The molecule has 0 bridgehead atoms. The molecule has 1 fully saturated rings. The van der Waals surface area contributed by atoms with Crippen molar-refractivity contribution in [3.8, 4) is 11.5 Å². The standard InChI is InChI=1S/C23H31N3O3/c1-2-3-4-8-13-24-22(28)19-12-9-14-26(16-19)21(27)15-20-17-29-23(25-20)18-10-6-5-7-11-18/h5-7,10-11,17,19H,2-4,8-9,12-16H2,1H3,(H,24,28). The Kier molecular flexibility index (Phi) is 7.85. The number of hydrogen-bond donors (Lipinski definition) is 1. The summed E-state index contributed by atoms with van der Waals surface area (Å²) in [6.45, 7) is 4.09. The Morgan fingerprint density at radius 3 is 2.83 bits per heavy atom. The Labute approximate surface area is 172 Å². The van der Waals surface area contributed by atoms with Crippen LogP contribution in [0.15, 0.2) is 41.0 Å². The zero-order chi connectivity index (χ0) is 20.5. The smallest absolute Gasteiger partial charge is 0.228 e. The molecule has 1 saturated heterocycles. The normalized spacial score (nSPS) is 16.6. The lowest BCUT2D eigenvalue weighted by molar-refractivity contribution is -0.135. The first kappa shape index (κ1) is 21.1. The van der Waals surface area contributed by atoms with Gasteiger partial charge in [-0.2, -0.15) is 0 Å². The number of rotatable bonds is 9. The molecule has 0 radical (unpaired) electrons. The molecule has 2 heterocycles. The molecule has 0 saturated carbocycles. The molecule has 1 aromatic heterocycles. The van der Waals surface area contributed by atoms with Gasteiger partial charge < -0.3 is 14.6 Å². The van der Waals surface area contributed by atoms with E-state index in [0.29, 0.717) is 24.7 Å². The van der Waals surface area contributed by atoms with Crippen LogP contribution in [0.4, 0.5) is 0 Å². The maximum Gasteiger partial charge on any atom is 0.228 e. The van der Waals surface area contributed by atoms with E-state index < -0.39 is 0 Å². The van der Waals surface area contributed by atoms with E-state index >= 15 is 0 Å². The number of amides is 2. The molecule has 1 N–H and O–H groups in total. The van der Waals surface area contributed by atoms with E-state index in [1.165, 1.54) is 12.8 Å². The van der Waals surface area contributed by atoms with Gasteiger partial charge >= 0.3 is 0 Å². The number of benzene rings is 1. The second-order valence-corrected chi connectivity index (χ2v) is 7.72. The number of oxazole rings is 1. The van der Waals surface area contributed by atoms with E-state index in [4.69, 9.17) is 4.42 Å². The molecular weight excluding hydrogens is 366 g/mol. The van der Waals surface area contributed by atoms with Crippen LogP contribution in [0.3, 0.4) is 0 Å². The maximum absolute atomic E-state index is 12.7. The second kappa shape index (κ2) is 10.8. The highest BCUT2D eigenvalue weighted by atomic mass is 16.3. The molecule has 0 aliphatic carbocycles. The summed E-state index contributed by atoms with van der Waals surface area (Å²) >= 11 is 0. The van der Waals surface area contributed by atoms with Gasteiger partial charge in [-0.15, -0.1) is 0 Å². The van der Waals surface area contributed by atoms with Crippen LogP contribution in [0, 0.1) is 5.92 Å². The lowest BCUT2D eigenvalue weighted by Gasteiger charge is -2.32. The monoisotopic (exact) mass is 397 g/mol. The first-order valence-electron chi connectivity index (χ1n) is 10.7. The number of unbranched alkanes of at least 4 members (excludes halogenated alkanes) is 3. The molecule has 2 amide bonds. The number of carbonyl (C=O) groups excluding carboxylic acids is 2. The summed E-state index contributed by atoms with van der Waals surface area (Å²) in [7, 11) is 0. The van der Waals surface area contributed by atoms with Crippen molar-refractivity contribution in [3.63, 3.8) is 0 Å². The molecule has 156 valence electrons. The van der Waals surface area contributed by atoms with Crippen LogP contribution < -0.4 is 5.32 Å². The molecular formula is C23H31N3O3. The molecule has 6 heteroatoms. The van der Waals surface area contributed by atoms with E-state index in [0.717, 1.165) is 37.8 Å². The minimum absolute atomic E-state index is 0.00152. The SMILES string of the molecule is CCCCCCNC(=O)C1CCCN(C(=O)Cc2coc(-c3ccccc3)n2)C1. The Bertz CT molecular complexity index is 788. The predicted octanol–water partition coefficient (Wildman–Crippen LogP) is 3.82. The van der Waals surface area contributed by atoms with Crippen LogP contribution in [-0.4, -0.2) is 41.3 Å². The molecule has 6 nitrogen and oxygen atoms in total. The highest BCUT2D eigenvalue weighted by molar-refractivity contribution is 5.82. The fraction of sp³-hybridized carbons (Fsp3) is 0.522. The van der Waals surface area contributed by atoms with Crippen LogP contribution in [0.2, 0.25) is 0 Å². The number of carbonyl (C=O) groups is 2. The van der Waals surface area contributed by atoms with Gasteiger partial charge in [-0.25, -0.2) is 4.98 Å². The average molecular weight is 398 g/mol. The fourth-order valence-electron chi connectivity index (χ4n) is 3.69. The first-order chi connectivity index (χ1) is 14.2. The third-order valence-corrected chi connectivity index (χ3v) is 5.38. The Hall–Kier alpha value is -2.63. The predicted molar refractivity (Wildman–Crippen MR) is 112 cm³/mol. The number of nitrogens with one attached hydrogen (secondary N) is 1. The van der Waals surface area contributed by atoms with Crippen molar-refractivity contribution < 1.29 is 14.0 Å². The summed E-state index contributed by atoms with van der Waals surface area (Å²) in [6.07, 6.45) is 7.99. The number of nitrogens with zero attached hydrogens (tertiary/aromatic N) is 2. The van der Waals surface area contributed by atoms with Crippen molar-refractivity contribution in [1.82, 2.24) is 15.2 Å². The van der Waals surface area contributed by atoms with Gasteiger partial charge in [0.15, 0.2) is 0 Å². The van der Waals surface area contributed by atoms with Crippen LogP contribution >= 0.6 is 0 Å². The molecule has 1 atom stereocenters. The summed E-state index contributed by atoms with van der Waals surface area (Å²) in [5, 5.41) is 3.04. The van der Waals surface area contributed by atoms with Gasteiger partial charge in [0.05, 0.1) is 18.0 Å². The minimum atomic E-state index is -0.115. The van der Waals surface area contributed by atoms with Gasteiger partial charge in [-0.05, 0) is 31.4 Å². The Morgan fingerprint density at radius 1 is 1.21 bits per heavy atom. The second-order valence-electron chi connectivity index (χ2n) is 7.72. The quantitative estimate of drug-likeness (QED) is 0.653. The van der Waals surface area contributed by atoms with E-state index in [2.05, 4.69) is 17.2 Å². The third-order valence-electron chi connectivity index (χ3n) is 5.38. The van der Waals surface area contributed by atoms with Crippen molar-refractivity contribution in [1.29, 1.82) is 0 Å². The van der Waals surface area contributed by atoms with Gasteiger partial charge in [0.1, 0.15) is 6.26 Å². The number of likely N-dealkylation sites (tertiary alicyclic amines) is 1. The Balaban J connectivity index is 1.48. The zero-order valence-electron chi connectivity index (χ0n) is 17.2. The van der Waals surface area contributed by atoms with E-state index in [1.807, 2.05) is 30.3 Å². The lowest BCUT2D eigenvalue weighted by Crippen LogP contribution is -2.46.